The second-order valence-corrected chi connectivity index (χ2v) is 5.73. The van der Waals surface area contributed by atoms with Crippen molar-refractivity contribution in [2.75, 3.05) is 0 Å². The molecule has 132 valence electrons. The number of halogens is 3. The van der Waals surface area contributed by atoms with Gasteiger partial charge in [0.2, 0.25) is 0 Å². The number of hydrogen-bond acceptors (Lipinski definition) is 2. The normalized spacial score (nSPS) is 12.0. The van der Waals surface area contributed by atoms with Gasteiger partial charge in [-0.05, 0) is 47.9 Å². The van der Waals surface area contributed by atoms with Crippen LogP contribution in [-0.2, 0) is 0 Å². The number of carboxylic acids is 1. The molecular weight excluding hydrogens is 349 g/mol. The number of hydrogen-bond donors (Lipinski definition) is 2. The molecule has 1 aliphatic carbocycles. The van der Waals surface area contributed by atoms with E-state index in [-0.39, 0.29) is 11.3 Å². The largest absolute Gasteiger partial charge is 0.573 e. The van der Waals surface area contributed by atoms with Gasteiger partial charge in [-0.15, -0.1) is 13.2 Å². The molecule has 0 unspecified atom stereocenters. The molecule has 1 heterocycles. The lowest BCUT2D eigenvalue weighted by atomic mass is 10.1. The summed E-state index contributed by atoms with van der Waals surface area (Å²) in [5.74, 6) is -1.31. The quantitative estimate of drug-likeness (QED) is 0.558. The summed E-state index contributed by atoms with van der Waals surface area (Å²) in [6, 6.07) is 12.2. The van der Waals surface area contributed by atoms with E-state index in [9.17, 15) is 18.0 Å². The van der Waals surface area contributed by atoms with Crippen molar-refractivity contribution in [1.82, 2.24) is 9.78 Å². The molecule has 5 nitrogen and oxygen atoms in total. The Labute approximate surface area is 144 Å². The van der Waals surface area contributed by atoms with E-state index in [4.69, 9.17) is 5.11 Å². The van der Waals surface area contributed by atoms with Crippen LogP contribution in [0.3, 0.4) is 0 Å². The summed E-state index contributed by atoms with van der Waals surface area (Å²) in [4.78, 5) is 11.2. The molecule has 1 aliphatic heterocycles. The molecule has 0 saturated heterocycles. The molecule has 26 heavy (non-hydrogen) atoms. The lowest BCUT2D eigenvalue weighted by Gasteiger charge is -2.09. The number of benzene rings is 2. The van der Waals surface area contributed by atoms with Crippen LogP contribution in [0.1, 0.15) is 10.4 Å². The number of carboxylic acid groups (broad SMARTS) is 1. The third-order valence-corrected chi connectivity index (χ3v) is 4.02. The minimum absolute atomic E-state index is 0.180. The van der Waals surface area contributed by atoms with E-state index in [1.165, 1.54) is 30.3 Å². The highest BCUT2D eigenvalue weighted by atomic mass is 19.4. The fraction of sp³-hybridized carbons (Fsp3) is 0.0556. The molecule has 8 heteroatoms. The highest BCUT2D eigenvalue weighted by Gasteiger charge is 2.31. The van der Waals surface area contributed by atoms with Crippen molar-refractivity contribution in [3.63, 3.8) is 0 Å². The number of rotatable bonds is 3. The lowest BCUT2D eigenvalue weighted by Crippen LogP contribution is -2.17. The summed E-state index contributed by atoms with van der Waals surface area (Å²) in [7, 11) is 0. The van der Waals surface area contributed by atoms with Gasteiger partial charge in [-0.1, -0.05) is 6.07 Å². The first kappa shape index (κ1) is 16.1. The van der Waals surface area contributed by atoms with Gasteiger partial charge in [0.15, 0.2) is 0 Å². The molecule has 0 spiro atoms. The third kappa shape index (κ3) is 2.85. The molecule has 0 fully saturated rings. The Morgan fingerprint density at radius 3 is 2.46 bits per heavy atom. The number of aromatic carboxylic acids is 1. The first-order chi connectivity index (χ1) is 12.3. The van der Waals surface area contributed by atoms with Crippen molar-refractivity contribution in [3.05, 3.63) is 60.3 Å². The number of aromatic amines is 1. The number of fused-ring (bicyclic) bond motifs is 3. The third-order valence-electron chi connectivity index (χ3n) is 4.02. The second kappa shape index (κ2) is 5.55. The van der Waals surface area contributed by atoms with Gasteiger partial charge in [0.05, 0.1) is 16.9 Å². The van der Waals surface area contributed by atoms with Crippen molar-refractivity contribution >= 4 is 16.7 Å². The van der Waals surface area contributed by atoms with Gasteiger partial charge in [-0.3, -0.25) is 9.78 Å². The van der Waals surface area contributed by atoms with Crippen LogP contribution < -0.4 is 4.74 Å². The summed E-state index contributed by atoms with van der Waals surface area (Å²) in [5.41, 5.74) is 2.40. The van der Waals surface area contributed by atoms with Crippen LogP contribution in [0, 0.1) is 0 Å². The molecule has 2 aromatic rings. The minimum atomic E-state index is -4.73. The molecule has 2 aliphatic rings. The average Bonchev–Trinajstić information content (AvgIpc) is 3.11. The zero-order valence-electron chi connectivity index (χ0n) is 13.0. The fourth-order valence-corrected chi connectivity index (χ4v) is 2.89. The van der Waals surface area contributed by atoms with Crippen molar-refractivity contribution in [1.29, 1.82) is 0 Å². The molecular formula is C18H11F3N2O3. The number of carbonyl (C=O) groups is 1. The summed E-state index contributed by atoms with van der Waals surface area (Å²) >= 11 is 0. The van der Waals surface area contributed by atoms with Crippen LogP contribution in [-0.4, -0.2) is 27.2 Å². The summed E-state index contributed by atoms with van der Waals surface area (Å²) in [5, 5.41) is 13.9. The van der Waals surface area contributed by atoms with E-state index < -0.39 is 12.3 Å². The van der Waals surface area contributed by atoms with Gasteiger partial charge in [-0.2, -0.15) is 0 Å². The lowest BCUT2D eigenvalue weighted by molar-refractivity contribution is -0.274. The summed E-state index contributed by atoms with van der Waals surface area (Å²) in [6.45, 7) is 0. The van der Waals surface area contributed by atoms with Gasteiger partial charge in [-0.25, -0.2) is 4.79 Å². The highest BCUT2D eigenvalue weighted by Crippen LogP contribution is 2.34. The van der Waals surface area contributed by atoms with Crippen LogP contribution in [0.2, 0.25) is 0 Å². The molecule has 0 saturated carbocycles. The molecule has 2 aromatic carbocycles. The van der Waals surface area contributed by atoms with Crippen molar-refractivity contribution in [2.24, 2.45) is 0 Å². The topological polar surface area (TPSA) is 67.2 Å². The second-order valence-electron chi connectivity index (χ2n) is 5.73. The highest BCUT2D eigenvalue weighted by molar-refractivity contribution is 6.04. The van der Waals surface area contributed by atoms with E-state index in [1.54, 1.807) is 23.0 Å². The SMILES string of the molecule is O=C(O)c1ccc2cc3cn(-c4ccc(OC(F)(F)F)cc4)[nH]c-3c2c1. The smallest absolute Gasteiger partial charge is 0.478 e. The number of nitrogens with zero attached hydrogens (tertiary/aromatic N) is 1. The molecule has 0 aromatic heterocycles. The Balaban J connectivity index is 1.72. The maximum Gasteiger partial charge on any atom is 0.573 e. The van der Waals surface area contributed by atoms with Crippen LogP contribution in [0.5, 0.6) is 5.75 Å². The van der Waals surface area contributed by atoms with Crippen molar-refractivity contribution < 1.29 is 27.8 Å². The Bertz CT molecular complexity index is 1080. The number of ether oxygens (including phenoxy) is 1. The maximum absolute atomic E-state index is 12.2. The van der Waals surface area contributed by atoms with Crippen LogP contribution in [0.25, 0.3) is 27.7 Å². The Hall–Kier alpha value is -3.42. The molecule has 0 atom stereocenters. The van der Waals surface area contributed by atoms with Gasteiger partial charge < -0.3 is 9.84 Å². The van der Waals surface area contributed by atoms with E-state index >= 15 is 0 Å². The van der Waals surface area contributed by atoms with E-state index in [0.29, 0.717) is 5.69 Å². The van der Waals surface area contributed by atoms with Crippen molar-refractivity contribution in [2.45, 2.75) is 6.36 Å². The Morgan fingerprint density at radius 1 is 1.08 bits per heavy atom. The zero-order chi connectivity index (χ0) is 18.5. The van der Waals surface area contributed by atoms with E-state index in [2.05, 4.69) is 9.84 Å². The first-order valence-electron chi connectivity index (χ1n) is 7.53. The zero-order valence-corrected chi connectivity index (χ0v) is 13.0. The summed E-state index contributed by atoms with van der Waals surface area (Å²) < 4.78 is 42.2. The number of alkyl halides is 3. The molecule has 2 N–H and O–H groups in total. The first-order valence-corrected chi connectivity index (χ1v) is 7.53. The standard InChI is InChI=1S/C18H11F3N2O3/c19-18(20,21)26-14-5-3-13(4-6-14)23-9-12-7-10-1-2-11(17(24)25)8-15(10)16(12)22-23/h1-9,22H,(H,24,25). The predicted octanol–water partition coefficient (Wildman–Crippen LogP) is 4.66. The van der Waals surface area contributed by atoms with Crippen LogP contribution in [0.4, 0.5) is 13.2 Å². The van der Waals surface area contributed by atoms with E-state index in [1.807, 2.05) is 6.07 Å². The monoisotopic (exact) mass is 360 g/mol. The van der Waals surface area contributed by atoms with Gasteiger partial charge in [0, 0.05) is 17.1 Å². The molecule has 4 rings (SSSR count). The van der Waals surface area contributed by atoms with Crippen LogP contribution >= 0.6 is 0 Å². The Kier molecular flexibility index (Phi) is 3.43. The number of aromatic nitrogens is 2. The van der Waals surface area contributed by atoms with Crippen LogP contribution in [0.15, 0.2) is 54.7 Å². The minimum Gasteiger partial charge on any atom is -0.478 e. The van der Waals surface area contributed by atoms with Gasteiger partial charge in [0.25, 0.3) is 0 Å². The molecule has 0 amide bonds. The molecule has 0 bridgehead atoms. The number of H-pyrrole nitrogens is 1. The average molecular weight is 360 g/mol. The fourth-order valence-electron chi connectivity index (χ4n) is 2.89. The van der Waals surface area contributed by atoms with E-state index in [0.717, 1.165) is 22.0 Å². The van der Waals surface area contributed by atoms with Gasteiger partial charge in [0.1, 0.15) is 5.75 Å². The van der Waals surface area contributed by atoms with Gasteiger partial charge >= 0.3 is 12.3 Å². The van der Waals surface area contributed by atoms with Crippen molar-refractivity contribution in [3.8, 4) is 22.7 Å². The predicted molar refractivity (Wildman–Crippen MR) is 87.9 cm³/mol. The Morgan fingerprint density at radius 2 is 1.81 bits per heavy atom. The molecule has 0 radical (unpaired) electrons. The summed E-state index contributed by atoms with van der Waals surface area (Å²) in [6.07, 6.45) is -2.95. The maximum atomic E-state index is 12.2. The number of nitrogens with one attached hydrogen (secondary N) is 1.